The van der Waals surface area contributed by atoms with Crippen LogP contribution in [0.4, 0.5) is 0 Å². The second-order valence-corrected chi connectivity index (χ2v) is 7.44. The van der Waals surface area contributed by atoms with Gasteiger partial charge in [-0.25, -0.2) is 5.43 Å². The minimum atomic E-state index is -0.375. The maximum Gasteiger partial charge on any atom is 0.289 e. The van der Waals surface area contributed by atoms with E-state index in [0.717, 1.165) is 22.3 Å². The van der Waals surface area contributed by atoms with Crippen molar-refractivity contribution in [2.75, 3.05) is 0 Å². The van der Waals surface area contributed by atoms with Gasteiger partial charge in [-0.2, -0.15) is 10.2 Å². The number of hydrazone groups is 1. The van der Waals surface area contributed by atoms with Gasteiger partial charge in [0.05, 0.1) is 11.9 Å². The molecule has 2 N–H and O–H groups in total. The highest BCUT2D eigenvalue weighted by Crippen LogP contribution is 2.29. The Hall–Kier alpha value is -4.45. The van der Waals surface area contributed by atoms with Crippen LogP contribution in [0.15, 0.2) is 102 Å². The Bertz CT molecular complexity index is 1260. The van der Waals surface area contributed by atoms with E-state index < -0.39 is 0 Å². The molecule has 4 aromatic rings. The molecule has 33 heavy (non-hydrogen) atoms. The lowest BCUT2D eigenvalue weighted by atomic mass is 10.1. The average Bonchev–Trinajstić information content (AvgIpc) is 3.34. The van der Waals surface area contributed by atoms with E-state index in [1.165, 1.54) is 0 Å². The highest BCUT2D eigenvalue weighted by Gasteiger charge is 2.13. The summed E-state index contributed by atoms with van der Waals surface area (Å²) in [5, 5.41) is 11.1. The highest BCUT2D eigenvalue weighted by atomic mass is 16.5. The molecule has 0 spiro atoms. The lowest BCUT2D eigenvalue weighted by molar-refractivity contribution is 0.0950. The molecule has 0 aliphatic heterocycles. The van der Waals surface area contributed by atoms with Crippen molar-refractivity contribution in [1.82, 2.24) is 15.6 Å². The molecule has 6 nitrogen and oxygen atoms in total. The van der Waals surface area contributed by atoms with E-state index in [2.05, 4.69) is 20.7 Å². The summed E-state index contributed by atoms with van der Waals surface area (Å²) in [6, 6.07) is 29.2. The molecular weight excluding hydrogens is 412 g/mol. The van der Waals surface area contributed by atoms with Crippen LogP contribution in [0.5, 0.6) is 5.75 Å². The molecule has 0 radical (unpaired) electrons. The summed E-state index contributed by atoms with van der Waals surface area (Å²) in [4.78, 5) is 12.5. The van der Waals surface area contributed by atoms with Gasteiger partial charge in [0.1, 0.15) is 18.1 Å². The van der Waals surface area contributed by atoms with Crippen LogP contribution in [-0.2, 0) is 6.61 Å². The molecule has 1 amide bonds. The van der Waals surface area contributed by atoms with Crippen molar-refractivity contribution in [1.29, 1.82) is 0 Å². The number of rotatable bonds is 8. The number of para-hydroxylation sites is 1. The quantitative estimate of drug-likeness (QED) is 0.284. The van der Waals surface area contributed by atoms with Gasteiger partial charge in [0.2, 0.25) is 0 Å². The lowest BCUT2D eigenvalue weighted by Crippen LogP contribution is -2.17. The molecule has 6 heteroatoms. The summed E-state index contributed by atoms with van der Waals surface area (Å²) in [5.74, 6) is 0.319. The number of nitrogens with one attached hydrogen (secondary N) is 2. The molecule has 0 saturated carbocycles. The Morgan fingerprint density at radius 1 is 1.00 bits per heavy atom. The molecular formula is C27H24N4O2. The van der Waals surface area contributed by atoms with Crippen molar-refractivity contribution in [3.8, 4) is 17.0 Å². The number of carbonyl (C=O) groups is 1. The molecule has 3 aromatic carbocycles. The first-order valence-electron chi connectivity index (χ1n) is 10.6. The predicted molar refractivity (Wildman–Crippen MR) is 131 cm³/mol. The molecule has 1 aromatic heterocycles. The molecule has 1 heterocycles. The van der Waals surface area contributed by atoms with Gasteiger partial charge in [-0.15, -0.1) is 0 Å². The fourth-order valence-corrected chi connectivity index (χ4v) is 3.22. The van der Waals surface area contributed by atoms with Gasteiger partial charge in [0, 0.05) is 5.56 Å². The first-order valence-corrected chi connectivity index (χ1v) is 10.6. The number of carbonyl (C=O) groups excluding carboxylic acids is 1. The Morgan fingerprint density at radius 3 is 2.48 bits per heavy atom. The number of benzene rings is 3. The van der Waals surface area contributed by atoms with Crippen molar-refractivity contribution in [2.24, 2.45) is 5.10 Å². The SMILES string of the molecule is CC(/C=N\NC(=O)c1cc(-c2ccccc2OCc2ccccc2)n[nH]1)=C/c1ccccc1. The standard InChI is InChI=1S/C27H24N4O2/c1-20(16-21-10-4-2-5-11-21)18-28-31-27(32)25-17-24(29-30-25)23-14-8-9-15-26(23)33-19-22-12-6-3-7-13-22/h2-18H,19H2,1H3,(H,29,30)(H,31,32)/b20-16-,28-18-. The van der Waals surface area contributed by atoms with Crippen molar-refractivity contribution >= 4 is 18.2 Å². The first kappa shape index (κ1) is 21.8. The summed E-state index contributed by atoms with van der Waals surface area (Å²) in [6.45, 7) is 2.36. The molecule has 0 atom stereocenters. The lowest BCUT2D eigenvalue weighted by Gasteiger charge is -2.10. The molecule has 4 rings (SSSR count). The number of nitrogens with zero attached hydrogens (tertiary/aromatic N) is 2. The maximum absolute atomic E-state index is 12.5. The minimum absolute atomic E-state index is 0.310. The van der Waals surface area contributed by atoms with Crippen LogP contribution in [0.1, 0.15) is 28.5 Å². The zero-order valence-corrected chi connectivity index (χ0v) is 18.2. The van der Waals surface area contributed by atoms with E-state index in [4.69, 9.17) is 4.74 Å². The van der Waals surface area contributed by atoms with Gasteiger partial charge in [-0.3, -0.25) is 9.89 Å². The normalized spacial score (nSPS) is 11.5. The molecule has 0 fully saturated rings. The van der Waals surface area contributed by atoms with E-state index in [1.54, 1.807) is 12.3 Å². The van der Waals surface area contributed by atoms with Crippen LogP contribution in [0.2, 0.25) is 0 Å². The van der Waals surface area contributed by atoms with Crippen molar-refractivity contribution in [2.45, 2.75) is 13.5 Å². The third-order valence-electron chi connectivity index (χ3n) is 4.85. The molecule has 164 valence electrons. The zero-order chi connectivity index (χ0) is 22.9. The molecule has 0 bridgehead atoms. The van der Waals surface area contributed by atoms with Crippen LogP contribution in [0.25, 0.3) is 17.3 Å². The van der Waals surface area contributed by atoms with Gasteiger partial charge < -0.3 is 4.74 Å². The van der Waals surface area contributed by atoms with E-state index in [-0.39, 0.29) is 5.91 Å². The monoisotopic (exact) mass is 436 g/mol. The van der Waals surface area contributed by atoms with Gasteiger partial charge in [0.15, 0.2) is 0 Å². The first-order chi connectivity index (χ1) is 16.2. The van der Waals surface area contributed by atoms with Crippen molar-refractivity contribution in [3.63, 3.8) is 0 Å². The summed E-state index contributed by atoms with van der Waals surface area (Å²) in [6.07, 6.45) is 3.59. The number of aromatic nitrogens is 2. The Kier molecular flexibility index (Phi) is 7.08. The number of allylic oxidation sites excluding steroid dienone is 1. The van der Waals surface area contributed by atoms with Crippen LogP contribution >= 0.6 is 0 Å². The van der Waals surface area contributed by atoms with Crippen LogP contribution in [0.3, 0.4) is 0 Å². The minimum Gasteiger partial charge on any atom is -0.488 e. The third kappa shape index (κ3) is 6.04. The number of ether oxygens (including phenoxy) is 1. The highest BCUT2D eigenvalue weighted by molar-refractivity contribution is 5.94. The number of hydrogen-bond acceptors (Lipinski definition) is 4. The summed E-state index contributed by atoms with van der Waals surface area (Å²) >= 11 is 0. The third-order valence-corrected chi connectivity index (χ3v) is 4.85. The maximum atomic E-state index is 12.5. The summed E-state index contributed by atoms with van der Waals surface area (Å²) in [5.41, 5.74) is 7.31. The van der Waals surface area contributed by atoms with Crippen molar-refractivity contribution in [3.05, 3.63) is 113 Å². The van der Waals surface area contributed by atoms with Crippen LogP contribution in [-0.4, -0.2) is 22.3 Å². The number of amides is 1. The van der Waals surface area contributed by atoms with E-state index >= 15 is 0 Å². The van der Waals surface area contributed by atoms with Crippen LogP contribution < -0.4 is 10.2 Å². The molecule has 0 saturated heterocycles. The van der Waals surface area contributed by atoms with E-state index in [9.17, 15) is 4.79 Å². The molecule has 0 aliphatic rings. The predicted octanol–water partition coefficient (Wildman–Crippen LogP) is 5.47. The molecule has 0 aliphatic carbocycles. The van der Waals surface area contributed by atoms with Gasteiger partial charge in [-0.05, 0) is 41.8 Å². The smallest absolute Gasteiger partial charge is 0.289 e. The fourth-order valence-electron chi connectivity index (χ4n) is 3.22. The van der Waals surface area contributed by atoms with Gasteiger partial charge in [-0.1, -0.05) is 78.9 Å². The molecule has 0 unspecified atom stereocenters. The fraction of sp³-hybridized carbons (Fsp3) is 0.0741. The zero-order valence-electron chi connectivity index (χ0n) is 18.2. The second kappa shape index (κ2) is 10.7. The second-order valence-electron chi connectivity index (χ2n) is 7.44. The number of aromatic amines is 1. The number of hydrogen-bond donors (Lipinski definition) is 2. The summed E-state index contributed by atoms with van der Waals surface area (Å²) < 4.78 is 6.00. The van der Waals surface area contributed by atoms with Gasteiger partial charge >= 0.3 is 0 Å². The summed E-state index contributed by atoms with van der Waals surface area (Å²) in [7, 11) is 0. The van der Waals surface area contributed by atoms with E-state index in [0.29, 0.717) is 23.7 Å². The topological polar surface area (TPSA) is 79.4 Å². The Morgan fingerprint density at radius 2 is 1.70 bits per heavy atom. The average molecular weight is 437 g/mol. The van der Waals surface area contributed by atoms with Crippen LogP contribution in [0, 0.1) is 0 Å². The Balaban J connectivity index is 1.40. The van der Waals surface area contributed by atoms with Crippen molar-refractivity contribution < 1.29 is 9.53 Å². The number of H-pyrrole nitrogens is 1. The van der Waals surface area contributed by atoms with E-state index in [1.807, 2.05) is 97.9 Å². The Labute approximate surface area is 192 Å². The largest absolute Gasteiger partial charge is 0.488 e. The van der Waals surface area contributed by atoms with Gasteiger partial charge in [0.25, 0.3) is 5.91 Å².